The van der Waals surface area contributed by atoms with Gasteiger partial charge in [0.2, 0.25) is 0 Å². The van der Waals surface area contributed by atoms with Crippen molar-refractivity contribution in [3.8, 4) is 0 Å². The normalized spacial score (nSPS) is 15.8. The number of carboxylic acids is 2. The van der Waals surface area contributed by atoms with Crippen LogP contribution in [-0.4, -0.2) is 40.3 Å². The lowest BCUT2D eigenvalue weighted by Gasteiger charge is -2.12. The van der Waals surface area contributed by atoms with E-state index >= 15 is 0 Å². The molecule has 1 aliphatic heterocycles. The molecule has 7 nitrogen and oxygen atoms in total. The Hall–Kier alpha value is -1.70. The first-order valence-electron chi connectivity index (χ1n) is 4.91. The van der Waals surface area contributed by atoms with Crippen LogP contribution in [0.4, 0.5) is 0 Å². The number of carboxylic acid groups (broad SMARTS) is 2. The molecule has 2 N–H and O–H groups in total. The number of halogens is 1. The molecule has 8 heteroatoms. The van der Waals surface area contributed by atoms with Gasteiger partial charge in [-0.15, -0.1) is 0 Å². The highest BCUT2D eigenvalue weighted by molar-refractivity contribution is 6.30. The lowest BCUT2D eigenvalue weighted by molar-refractivity contribution is -0.0443. The minimum absolute atomic E-state index is 0.149. The van der Waals surface area contributed by atoms with Crippen molar-refractivity contribution in [2.45, 2.75) is 6.29 Å². The van der Waals surface area contributed by atoms with Crippen LogP contribution in [0.1, 0.15) is 32.7 Å². The Morgan fingerprint density at radius 2 is 1.89 bits per heavy atom. The number of rotatable bonds is 3. The van der Waals surface area contributed by atoms with Gasteiger partial charge in [0.15, 0.2) is 12.0 Å². The molecule has 2 rings (SSSR count). The number of hydrogen-bond acceptors (Lipinski definition) is 5. The van der Waals surface area contributed by atoms with Gasteiger partial charge in [-0.2, -0.15) is 0 Å². The Morgan fingerprint density at radius 1 is 1.28 bits per heavy atom. The van der Waals surface area contributed by atoms with Gasteiger partial charge in [-0.25, -0.2) is 14.6 Å². The third kappa shape index (κ3) is 2.28. The van der Waals surface area contributed by atoms with Gasteiger partial charge in [0, 0.05) is 5.56 Å². The fourth-order valence-corrected chi connectivity index (χ4v) is 1.76. The van der Waals surface area contributed by atoms with E-state index in [1.165, 1.54) is 0 Å². The molecule has 1 aromatic rings. The Balaban J connectivity index is 2.52. The van der Waals surface area contributed by atoms with Crippen LogP contribution in [0.5, 0.6) is 0 Å². The summed E-state index contributed by atoms with van der Waals surface area (Å²) in [6, 6.07) is 1.11. The minimum atomic E-state index is -1.46. The first kappa shape index (κ1) is 12.7. The van der Waals surface area contributed by atoms with Crippen LogP contribution in [0.15, 0.2) is 6.07 Å². The zero-order valence-electron chi connectivity index (χ0n) is 8.92. The molecule has 0 atom stereocenters. The maximum absolute atomic E-state index is 11.0. The second kappa shape index (κ2) is 4.89. The van der Waals surface area contributed by atoms with Crippen molar-refractivity contribution < 1.29 is 29.3 Å². The van der Waals surface area contributed by atoms with Crippen LogP contribution in [0, 0.1) is 0 Å². The maximum atomic E-state index is 11.0. The first-order valence-corrected chi connectivity index (χ1v) is 5.28. The van der Waals surface area contributed by atoms with Crippen molar-refractivity contribution in [2.24, 2.45) is 0 Å². The van der Waals surface area contributed by atoms with E-state index in [2.05, 4.69) is 4.98 Å². The van der Waals surface area contributed by atoms with Crippen LogP contribution in [-0.2, 0) is 9.47 Å². The summed E-state index contributed by atoms with van der Waals surface area (Å²) in [7, 11) is 0. The molecule has 0 unspecified atom stereocenters. The summed E-state index contributed by atoms with van der Waals surface area (Å²) in [4.78, 5) is 25.4. The molecule has 0 aliphatic carbocycles. The Labute approximate surface area is 106 Å². The van der Waals surface area contributed by atoms with E-state index in [1.54, 1.807) is 0 Å². The van der Waals surface area contributed by atoms with E-state index in [4.69, 9.17) is 31.3 Å². The van der Waals surface area contributed by atoms with Crippen LogP contribution in [0.3, 0.4) is 0 Å². The molecule has 1 fully saturated rings. The number of ether oxygens (including phenoxy) is 2. The molecular formula is C10H8ClNO6. The van der Waals surface area contributed by atoms with Gasteiger partial charge in [0.25, 0.3) is 0 Å². The number of pyridine rings is 1. The molecule has 2 heterocycles. The van der Waals surface area contributed by atoms with Gasteiger partial charge in [0.05, 0.1) is 18.8 Å². The molecule has 0 radical (unpaired) electrons. The summed E-state index contributed by atoms with van der Waals surface area (Å²) in [6.07, 6.45) is -0.814. The predicted octanol–water partition coefficient (Wildman–Crippen LogP) is 1.18. The highest BCUT2D eigenvalue weighted by atomic mass is 35.5. The van der Waals surface area contributed by atoms with Crippen molar-refractivity contribution >= 4 is 23.5 Å². The smallest absolute Gasteiger partial charge is 0.355 e. The van der Waals surface area contributed by atoms with Gasteiger partial charge in [-0.1, -0.05) is 11.6 Å². The molecule has 1 aliphatic rings. The van der Waals surface area contributed by atoms with E-state index in [0.29, 0.717) is 13.2 Å². The summed E-state index contributed by atoms with van der Waals surface area (Å²) in [5, 5.41) is 17.6. The fourth-order valence-electron chi connectivity index (χ4n) is 1.54. The third-order valence-electron chi connectivity index (χ3n) is 2.31. The van der Waals surface area contributed by atoms with Crippen LogP contribution < -0.4 is 0 Å². The molecule has 0 aromatic carbocycles. The summed E-state index contributed by atoms with van der Waals surface area (Å²) >= 11 is 5.80. The zero-order chi connectivity index (χ0) is 13.3. The third-order valence-corrected chi connectivity index (χ3v) is 2.61. The van der Waals surface area contributed by atoms with Crippen molar-refractivity contribution in [2.75, 3.05) is 13.2 Å². The van der Waals surface area contributed by atoms with Crippen molar-refractivity contribution in [1.29, 1.82) is 0 Å². The summed E-state index contributed by atoms with van der Waals surface area (Å²) in [5.41, 5.74) is -0.869. The summed E-state index contributed by atoms with van der Waals surface area (Å²) in [6.45, 7) is 0.703. The number of carbonyl (C=O) groups is 2. The molecular weight excluding hydrogens is 266 g/mol. The predicted molar refractivity (Wildman–Crippen MR) is 57.8 cm³/mol. The SMILES string of the molecule is O=C(O)c1cc(C2OCCO2)c(Cl)nc1C(=O)O. The van der Waals surface area contributed by atoms with Gasteiger partial charge in [-0.3, -0.25) is 0 Å². The van der Waals surface area contributed by atoms with Crippen LogP contribution in [0.25, 0.3) is 0 Å². The van der Waals surface area contributed by atoms with E-state index in [-0.39, 0.29) is 10.7 Å². The fraction of sp³-hybridized carbons (Fsp3) is 0.300. The largest absolute Gasteiger partial charge is 0.478 e. The van der Waals surface area contributed by atoms with Crippen LogP contribution >= 0.6 is 11.6 Å². The molecule has 1 aromatic heterocycles. The zero-order valence-corrected chi connectivity index (χ0v) is 9.68. The van der Waals surface area contributed by atoms with Gasteiger partial charge < -0.3 is 19.7 Å². The second-order valence-electron chi connectivity index (χ2n) is 3.45. The van der Waals surface area contributed by atoms with Gasteiger partial charge in [-0.05, 0) is 6.07 Å². The summed E-state index contributed by atoms with van der Waals surface area (Å²) in [5.74, 6) is -2.87. The average molecular weight is 274 g/mol. The van der Waals surface area contributed by atoms with E-state index in [9.17, 15) is 9.59 Å². The standard InChI is InChI=1S/C10H8ClNO6/c11-7-5(10-17-1-2-18-10)3-4(8(13)14)6(12-7)9(15)16/h3,10H,1-2H2,(H,13,14)(H,15,16). The van der Waals surface area contributed by atoms with Gasteiger partial charge >= 0.3 is 11.9 Å². The number of aromatic carboxylic acids is 2. The van der Waals surface area contributed by atoms with Crippen molar-refractivity contribution in [3.63, 3.8) is 0 Å². The maximum Gasteiger partial charge on any atom is 0.355 e. The number of hydrogen-bond donors (Lipinski definition) is 2. The van der Waals surface area contributed by atoms with E-state index in [1.807, 2.05) is 0 Å². The molecule has 96 valence electrons. The highest BCUT2D eigenvalue weighted by Gasteiger charge is 2.27. The first-order chi connectivity index (χ1) is 8.50. The van der Waals surface area contributed by atoms with E-state index in [0.717, 1.165) is 6.07 Å². The van der Waals surface area contributed by atoms with Crippen LogP contribution in [0.2, 0.25) is 5.15 Å². The summed E-state index contributed by atoms with van der Waals surface area (Å²) < 4.78 is 10.3. The Morgan fingerprint density at radius 3 is 2.39 bits per heavy atom. The lowest BCUT2D eigenvalue weighted by Crippen LogP contribution is -2.13. The molecule has 18 heavy (non-hydrogen) atoms. The molecule has 0 saturated carbocycles. The molecule has 1 saturated heterocycles. The quantitative estimate of drug-likeness (QED) is 0.796. The number of aromatic nitrogens is 1. The second-order valence-corrected chi connectivity index (χ2v) is 3.81. The topological polar surface area (TPSA) is 106 Å². The minimum Gasteiger partial charge on any atom is -0.478 e. The lowest BCUT2D eigenvalue weighted by atomic mass is 10.1. The Bertz CT molecular complexity index is 511. The molecule has 0 bridgehead atoms. The molecule has 0 spiro atoms. The Kier molecular flexibility index (Phi) is 3.46. The number of nitrogens with zero attached hydrogens (tertiary/aromatic N) is 1. The van der Waals surface area contributed by atoms with Crippen molar-refractivity contribution in [1.82, 2.24) is 4.98 Å². The monoisotopic (exact) mass is 273 g/mol. The van der Waals surface area contributed by atoms with Crippen molar-refractivity contribution in [3.05, 3.63) is 28.0 Å². The molecule has 0 amide bonds. The highest BCUT2D eigenvalue weighted by Crippen LogP contribution is 2.30. The average Bonchev–Trinajstić information content (AvgIpc) is 2.81. The van der Waals surface area contributed by atoms with E-state index < -0.39 is 29.5 Å². The van der Waals surface area contributed by atoms with Gasteiger partial charge in [0.1, 0.15) is 5.15 Å².